The van der Waals surface area contributed by atoms with Crippen LogP contribution in [-0.2, 0) is 10.9 Å². The van der Waals surface area contributed by atoms with Crippen molar-refractivity contribution in [2.24, 2.45) is 5.92 Å². The Kier molecular flexibility index (Phi) is 10.5. The van der Waals surface area contributed by atoms with Crippen LogP contribution in [0.25, 0.3) is 0 Å². The van der Waals surface area contributed by atoms with E-state index >= 15 is 0 Å². The second kappa shape index (κ2) is 12.8. The summed E-state index contributed by atoms with van der Waals surface area (Å²) in [7, 11) is 0.790. The second-order valence-corrected chi connectivity index (χ2v) is 12.9. The summed E-state index contributed by atoms with van der Waals surface area (Å²) in [5.74, 6) is 1.09. The highest BCUT2D eigenvalue weighted by Gasteiger charge is 2.45. The predicted molar refractivity (Wildman–Crippen MR) is 125 cm³/mol. The van der Waals surface area contributed by atoms with E-state index in [1.165, 1.54) is 51.4 Å². The first-order valence-corrected chi connectivity index (χ1v) is 14.5. The molecule has 27 heavy (non-hydrogen) atoms. The van der Waals surface area contributed by atoms with Crippen molar-refractivity contribution in [3.63, 3.8) is 0 Å². The van der Waals surface area contributed by atoms with Crippen molar-refractivity contribution in [2.75, 3.05) is 0 Å². The van der Waals surface area contributed by atoms with E-state index in [0.717, 1.165) is 32.6 Å². The molecule has 3 aliphatic rings. The zero-order chi connectivity index (χ0) is 18.7. The number of hydrogen-bond donors (Lipinski definition) is 0. The van der Waals surface area contributed by atoms with Crippen molar-refractivity contribution >= 4 is 10.9 Å². The molecule has 0 bridgehead atoms. The molecule has 0 N–H and O–H groups in total. The third-order valence-electron chi connectivity index (χ3n) is 8.02. The molecule has 3 rings (SSSR count). The Bertz CT molecular complexity index is 340. The SMILES string of the molecule is CCCCCCCCC1CCC([S+](C2CCCCC2)C2CCCCC2)CC1. The Morgan fingerprint density at radius 1 is 0.519 bits per heavy atom. The molecule has 0 atom stereocenters. The third-order valence-corrected chi connectivity index (χ3v) is 11.7. The average molecular weight is 394 g/mol. The molecule has 0 aromatic heterocycles. The predicted octanol–water partition coefficient (Wildman–Crippen LogP) is 8.58. The van der Waals surface area contributed by atoms with Crippen molar-refractivity contribution in [3.05, 3.63) is 0 Å². The van der Waals surface area contributed by atoms with Crippen molar-refractivity contribution in [2.45, 2.75) is 158 Å². The van der Waals surface area contributed by atoms with Gasteiger partial charge < -0.3 is 0 Å². The molecule has 0 aromatic rings. The zero-order valence-electron chi connectivity index (χ0n) is 18.6. The first-order valence-electron chi connectivity index (χ1n) is 13.1. The first kappa shape index (κ1) is 22.0. The monoisotopic (exact) mass is 393 g/mol. The van der Waals surface area contributed by atoms with Crippen LogP contribution >= 0.6 is 0 Å². The fourth-order valence-electron chi connectivity index (χ4n) is 6.40. The van der Waals surface area contributed by atoms with Crippen LogP contribution < -0.4 is 0 Å². The summed E-state index contributed by atoms with van der Waals surface area (Å²) in [5.41, 5.74) is 0. The summed E-state index contributed by atoms with van der Waals surface area (Å²) < 4.78 is 0. The molecule has 0 heterocycles. The van der Waals surface area contributed by atoms with E-state index < -0.39 is 0 Å². The Hall–Kier alpha value is 0.350. The fourth-order valence-corrected chi connectivity index (χ4v) is 10.6. The maximum Gasteiger partial charge on any atom is 0.118 e. The molecule has 0 nitrogen and oxygen atoms in total. The summed E-state index contributed by atoms with van der Waals surface area (Å²) in [6.07, 6.45) is 32.4. The average Bonchev–Trinajstić information content (AvgIpc) is 2.73. The summed E-state index contributed by atoms with van der Waals surface area (Å²) in [6, 6.07) is 0. The van der Waals surface area contributed by atoms with Crippen LogP contribution in [0.2, 0.25) is 0 Å². The lowest BCUT2D eigenvalue weighted by atomic mass is 9.85. The standard InChI is InChI=1S/C26H49S/c1-2-3-4-5-6-9-14-23-19-21-26(22-20-23)27(24-15-10-7-11-16-24)25-17-12-8-13-18-25/h23-26H,2-22H2,1H3/q+1. The van der Waals surface area contributed by atoms with Gasteiger partial charge >= 0.3 is 0 Å². The highest BCUT2D eigenvalue weighted by Crippen LogP contribution is 2.42. The van der Waals surface area contributed by atoms with Gasteiger partial charge in [0.2, 0.25) is 0 Å². The van der Waals surface area contributed by atoms with Crippen molar-refractivity contribution in [3.8, 4) is 0 Å². The minimum Gasteiger partial charge on any atom is -0.0654 e. The van der Waals surface area contributed by atoms with Gasteiger partial charge in [0, 0.05) is 0 Å². The van der Waals surface area contributed by atoms with Gasteiger partial charge in [-0.2, -0.15) is 0 Å². The molecule has 158 valence electrons. The topological polar surface area (TPSA) is 0 Å². The smallest absolute Gasteiger partial charge is 0.0654 e. The van der Waals surface area contributed by atoms with Crippen LogP contribution in [0, 0.1) is 5.92 Å². The highest BCUT2D eigenvalue weighted by atomic mass is 32.2. The van der Waals surface area contributed by atoms with Crippen LogP contribution in [0.1, 0.15) is 142 Å². The summed E-state index contributed by atoms with van der Waals surface area (Å²) in [5, 5.41) is 3.42. The molecule has 3 aliphatic carbocycles. The van der Waals surface area contributed by atoms with Gasteiger partial charge in [0.15, 0.2) is 0 Å². The van der Waals surface area contributed by atoms with Crippen molar-refractivity contribution in [1.29, 1.82) is 0 Å². The van der Waals surface area contributed by atoms with E-state index in [9.17, 15) is 0 Å². The van der Waals surface area contributed by atoms with Gasteiger partial charge in [-0.1, -0.05) is 64.7 Å². The van der Waals surface area contributed by atoms with Crippen molar-refractivity contribution < 1.29 is 0 Å². The van der Waals surface area contributed by atoms with E-state index in [2.05, 4.69) is 6.92 Å². The first-order chi connectivity index (χ1) is 13.4. The molecule has 3 saturated carbocycles. The summed E-state index contributed by atoms with van der Waals surface area (Å²) >= 11 is 0. The minimum atomic E-state index is 0.790. The van der Waals surface area contributed by atoms with Crippen LogP contribution in [0.15, 0.2) is 0 Å². The van der Waals surface area contributed by atoms with E-state index in [0.29, 0.717) is 0 Å². The normalized spacial score (nSPS) is 28.7. The molecule has 0 saturated heterocycles. The van der Waals surface area contributed by atoms with Crippen molar-refractivity contribution in [1.82, 2.24) is 0 Å². The molecule has 0 unspecified atom stereocenters. The molecular weight excluding hydrogens is 344 g/mol. The molecular formula is C26H49S+. The Morgan fingerprint density at radius 2 is 1.00 bits per heavy atom. The van der Waals surface area contributed by atoms with Gasteiger partial charge in [0.1, 0.15) is 15.7 Å². The van der Waals surface area contributed by atoms with Gasteiger partial charge in [-0.25, -0.2) is 0 Å². The maximum absolute atomic E-state index is 2.33. The molecule has 0 amide bonds. The lowest BCUT2D eigenvalue weighted by molar-refractivity contribution is 0.330. The van der Waals surface area contributed by atoms with E-state index in [1.807, 2.05) is 0 Å². The van der Waals surface area contributed by atoms with Crippen LogP contribution in [0.5, 0.6) is 0 Å². The molecule has 0 spiro atoms. The molecule has 1 heteroatoms. The van der Waals surface area contributed by atoms with Gasteiger partial charge in [0.25, 0.3) is 0 Å². The maximum atomic E-state index is 2.33. The van der Waals surface area contributed by atoms with Gasteiger partial charge in [0.05, 0.1) is 0 Å². The molecule has 3 fully saturated rings. The van der Waals surface area contributed by atoms with E-state index in [1.54, 1.807) is 83.5 Å². The van der Waals surface area contributed by atoms with Gasteiger partial charge in [-0.05, 0) is 93.9 Å². The number of unbranched alkanes of at least 4 members (excludes halogenated alkanes) is 5. The van der Waals surface area contributed by atoms with Crippen LogP contribution in [-0.4, -0.2) is 15.7 Å². The molecule has 0 radical (unpaired) electrons. The molecule has 0 aliphatic heterocycles. The Labute approximate surface area is 174 Å². The molecule has 0 aromatic carbocycles. The second-order valence-electron chi connectivity index (χ2n) is 10.1. The van der Waals surface area contributed by atoms with E-state index in [-0.39, 0.29) is 0 Å². The Morgan fingerprint density at radius 3 is 1.56 bits per heavy atom. The number of hydrogen-bond acceptors (Lipinski definition) is 0. The van der Waals surface area contributed by atoms with Crippen LogP contribution in [0.3, 0.4) is 0 Å². The summed E-state index contributed by atoms with van der Waals surface area (Å²) in [6.45, 7) is 2.33. The third kappa shape index (κ3) is 7.27. The van der Waals surface area contributed by atoms with Gasteiger partial charge in [-0.3, -0.25) is 0 Å². The Balaban J connectivity index is 1.43. The van der Waals surface area contributed by atoms with Gasteiger partial charge in [-0.15, -0.1) is 0 Å². The minimum absolute atomic E-state index is 0.790. The highest BCUT2D eigenvalue weighted by molar-refractivity contribution is 7.98. The van der Waals surface area contributed by atoms with Crippen LogP contribution in [0.4, 0.5) is 0 Å². The van der Waals surface area contributed by atoms with E-state index in [4.69, 9.17) is 0 Å². The lowest BCUT2D eigenvalue weighted by Gasteiger charge is -2.37. The largest absolute Gasteiger partial charge is 0.118 e. The zero-order valence-corrected chi connectivity index (χ0v) is 19.4. The lowest BCUT2D eigenvalue weighted by Crippen LogP contribution is -2.44. The summed E-state index contributed by atoms with van der Waals surface area (Å²) in [4.78, 5) is 0. The number of rotatable bonds is 10. The quantitative estimate of drug-likeness (QED) is 0.257. The fraction of sp³-hybridized carbons (Fsp3) is 1.00.